The molecule has 0 saturated heterocycles. The van der Waals surface area contributed by atoms with Gasteiger partial charge in [-0.05, 0) is 24.3 Å². The van der Waals surface area contributed by atoms with E-state index in [2.05, 4.69) is 41.7 Å². The van der Waals surface area contributed by atoms with Gasteiger partial charge in [0.15, 0.2) is 0 Å². The summed E-state index contributed by atoms with van der Waals surface area (Å²) in [5.41, 5.74) is 4.15. The maximum absolute atomic E-state index is 5.77. The van der Waals surface area contributed by atoms with Gasteiger partial charge >= 0.3 is 0 Å². The minimum absolute atomic E-state index is 1.01. The molecule has 4 aromatic rings. The third-order valence-corrected chi connectivity index (χ3v) is 3.88. The maximum Gasteiger partial charge on any atom is 0.0859 e. The molecule has 3 aromatic carbocycles. The molecule has 0 radical (unpaired) electrons. The lowest BCUT2D eigenvalue weighted by Crippen LogP contribution is -1.94. The van der Waals surface area contributed by atoms with Crippen molar-refractivity contribution in [3.05, 3.63) is 72.8 Å². The molecular weight excluding hydrogens is 268 g/mol. The summed E-state index contributed by atoms with van der Waals surface area (Å²) in [6.07, 6.45) is 5.77. The number of rotatable bonds is 2. The Balaban J connectivity index is 2.02. The topological polar surface area (TPSA) is 17.0 Å². The second-order valence-electron chi connectivity index (χ2n) is 5.17. The molecule has 0 aliphatic rings. The van der Waals surface area contributed by atoms with E-state index in [0.29, 0.717) is 0 Å². The Hall–Kier alpha value is -3.18. The van der Waals surface area contributed by atoms with Crippen molar-refractivity contribution >= 4 is 33.2 Å². The van der Waals surface area contributed by atoms with Crippen molar-refractivity contribution in [1.82, 2.24) is 4.57 Å². The van der Waals surface area contributed by atoms with Crippen molar-refractivity contribution in [2.75, 3.05) is 5.32 Å². The molecule has 0 aliphatic carbocycles. The second kappa shape index (κ2) is 4.98. The number of benzene rings is 3. The molecular formula is C20H14N2. The molecule has 0 unspecified atom stereocenters. The Kier molecular flexibility index (Phi) is 2.84. The molecule has 1 heterocycles. The van der Waals surface area contributed by atoms with Crippen LogP contribution in [0.25, 0.3) is 21.8 Å². The minimum Gasteiger partial charge on any atom is -0.354 e. The number of aromatic nitrogens is 1. The summed E-state index contributed by atoms with van der Waals surface area (Å²) in [6, 6.07) is 27.4. The number of hydrogen-bond donors (Lipinski definition) is 1. The first-order chi connectivity index (χ1) is 10.9. The summed E-state index contributed by atoms with van der Waals surface area (Å²) in [5, 5.41) is 5.80. The van der Waals surface area contributed by atoms with Gasteiger partial charge in [0, 0.05) is 22.5 Å². The molecule has 0 atom stereocenters. The molecule has 0 spiro atoms. The van der Waals surface area contributed by atoms with Crippen molar-refractivity contribution in [2.45, 2.75) is 0 Å². The number of hydrogen-bond acceptors (Lipinski definition) is 1. The van der Waals surface area contributed by atoms with Crippen LogP contribution < -0.4 is 5.32 Å². The SMILES string of the molecule is C#Cn1c2ccccc2c2cccc(Nc3ccccc3)c21. The summed E-state index contributed by atoms with van der Waals surface area (Å²) < 4.78 is 1.91. The molecule has 4 rings (SSSR count). The van der Waals surface area contributed by atoms with E-state index in [1.165, 1.54) is 5.39 Å². The number of terminal acetylenes is 1. The lowest BCUT2D eigenvalue weighted by Gasteiger charge is -2.09. The minimum atomic E-state index is 1.01. The molecule has 1 N–H and O–H groups in total. The Morgan fingerprint density at radius 3 is 2.32 bits per heavy atom. The van der Waals surface area contributed by atoms with Crippen molar-refractivity contribution in [1.29, 1.82) is 0 Å². The number of fused-ring (bicyclic) bond motifs is 3. The predicted molar refractivity (Wildman–Crippen MR) is 93.4 cm³/mol. The van der Waals surface area contributed by atoms with Crippen LogP contribution in [0.2, 0.25) is 0 Å². The van der Waals surface area contributed by atoms with Gasteiger partial charge in [0.1, 0.15) is 0 Å². The Bertz CT molecular complexity index is 1000. The zero-order valence-corrected chi connectivity index (χ0v) is 12.0. The van der Waals surface area contributed by atoms with E-state index >= 15 is 0 Å². The van der Waals surface area contributed by atoms with E-state index in [1.807, 2.05) is 47.0 Å². The summed E-state index contributed by atoms with van der Waals surface area (Å²) in [4.78, 5) is 0. The Morgan fingerprint density at radius 2 is 1.50 bits per heavy atom. The molecule has 0 fully saturated rings. The van der Waals surface area contributed by atoms with Gasteiger partial charge < -0.3 is 5.32 Å². The largest absolute Gasteiger partial charge is 0.354 e. The van der Waals surface area contributed by atoms with E-state index in [4.69, 9.17) is 6.42 Å². The fourth-order valence-corrected chi connectivity index (χ4v) is 2.93. The fraction of sp³-hybridized carbons (Fsp3) is 0. The molecule has 22 heavy (non-hydrogen) atoms. The van der Waals surface area contributed by atoms with Gasteiger partial charge in [-0.25, -0.2) is 0 Å². The van der Waals surface area contributed by atoms with E-state index in [0.717, 1.165) is 27.8 Å². The van der Waals surface area contributed by atoms with E-state index in [-0.39, 0.29) is 0 Å². The highest BCUT2D eigenvalue weighted by atomic mass is 15.0. The highest BCUT2D eigenvalue weighted by Crippen LogP contribution is 2.34. The number of anilines is 2. The molecule has 1 aromatic heterocycles. The summed E-state index contributed by atoms with van der Waals surface area (Å²) in [7, 11) is 0. The third kappa shape index (κ3) is 1.84. The van der Waals surface area contributed by atoms with Gasteiger partial charge in [-0.3, -0.25) is 4.57 Å². The van der Waals surface area contributed by atoms with Crippen LogP contribution >= 0.6 is 0 Å². The second-order valence-corrected chi connectivity index (χ2v) is 5.17. The van der Waals surface area contributed by atoms with Gasteiger partial charge in [-0.2, -0.15) is 0 Å². The van der Waals surface area contributed by atoms with Crippen LogP contribution in [0, 0.1) is 12.5 Å². The van der Waals surface area contributed by atoms with E-state index in [1.54, 1.807) is 0 Å². The highest BCUT2D eigenvalue weighted by Gasteiger charge is 2.12. The average Bonchev–Trinajstić information content (AvgIpc) is 2.91. The third-order valence-electron chi connectivity index (χ3n) is 3.88. The van der Waals surface area contributed by atoms with Crippen molar-refractivity contribution in [3.8, 4) is 12.5 Å². The zero-order chi connectivity index (χ0) is 14.9. The summed E-state index contributed by atoms with van der Waals surface area (Å²) in [6.45, 7) is 0. The maximum atomic E-state index is 5.77. The lowest BCUT2D eigenvalue weighted by molar-refractivity contribution is 1.26. The van der Waals surface area contributed by atoms with Gasteiger partial charge in [-0.15, -0.1) is 0 Å². The van der Waals surface area contributed by atoms with Gasteiger partial charge in [0.2, 0.25) is 0 Å². The molecule has 2 heteroatoms. The first kappa shape index (κ1) is 12.6. The fourth-order valence-electron chi connectivity index (χ4n) is 2.93. The van der Waals surface area contributed by atoms with Crippen LogP contribution in [0.1, 0.15) is 0 Å². The van der Waals surface area contributed by atoms with Crippen LogP contribution in [-0.4, -0.2) is 4.57 Å². The van der Waals surface area contributed by atoms with Gasteiger partial charge in [0.25, 0.3) is 0 Å². The van der Waals surface area contributed by atoms with Crippen LogP contribution in [-0.2, 0) is 0 Å². The molecule has 0 bridgehead atoms. The quantitative estimate of drug-likeness (QED) is 0.513. The lowest BCUT2D eigenvalue weighted by atomic mass is 10.1. The van der Waals surface area contributed by atoms with Crippen LogP contribution in [0.4, 0.5) is 11.4 Å². The normalized spacial score (nSPS) is 10.7. The molecule has 0 amide bonds. The predicted octanol–water partition coefficient (Wildman–Crippen LogP) is 4.98. The summed E-state index contributed by atoms with van der Waals surface area (Å²) in [5.74, 6) is 0. The monoisotopic (exact) mass is 282 g/mol. The van der Waals surface area contributed by atoms with Gasteiger partial charge in [-0.1, -0.05) is 55.0 Å². The average molecular weight is 282 g/mol. The number of para-hydroxylation sites is 3. The smallest absolute Gasteiger partial charge is 0.0859 e. The van der Waals surface area contributed by atoms with Crippen LogP contribution in [0.5, 0.6) is 0 Å². The zero-order valence-electron chi connectivity index (χ0n) is 12.0. The Morgan fingerprint density at radius 1 is 0.773 bits per heavy atom. The van der Waals surface area contributed by atoms with Crippen molar-refractivity contribution in [2.24, 2.45) is 0 Å². The first-order valence-corrected chi connectivity index (χ1v) is 7.19. The summed E-state index contributed by atoms with van der Waals surface area (Å²) >= 11 is 0. The molecule has 2 nitrogen and oxygen atoms in total. The van der Waals surface area contributed by atoms with E-state index in [9.17, 15) is 0 Å². The van der Waals surface area contributed by atoms with Crippen molar-refractivity contribution in [3.63, 3.8) is 0 Å². The first-order valence-electron chi connectivity index (χ1n) is 7.19. The Labute approximate surface area is 129 Å². The van der Waals surface area contributed by atoms with Gasteiger partial charge in [0.05, 0.1) is 16.7 Å². The highest BCUT2D eigenvalue weighted by molar-refractivity contribution is 6.13. The molecule has 0 aliphatic heterocycles. The van der Waals surface area contributed by atoms with E-state index < -0.39 is 0 Å². The molecule has 0 saturated carbocycles. The standard InChI is InChI=1S/C20H14N2/c1-2-22-19-14-7-6-11-16(19)17-12-8-13-18(20(17)22)21-15-9-4-3-5-10-15/h1,3-14,21H. The number of nitrogens with one attached hydrogen (secondary N) is 1. The number of nitrogens with zero attached hydrogens (tertiary/aromatic N) is 1. The molecule has 104 valence electrons. The van der Waals surface area contributed by atoms with Crippen LogP contribution in [0.15, 0.2) is 72.8 Å². The van der Waals surface area contributed by atoms with Crippen LogP contribution in [0.3, 0.4) is 0 Å². The van der Waals surface area contributed by atoms with Crippen molar-refractivity contribution < 1.29 is 0 Å².